The van der Waals surface area contributed by atoms with Crippen LogP contribution in [0.1, 0.15) is 11.1 Å². The minimum atomic E-state index is -0.572. The van der Waals surface area contributed by atoms with E-state index in [1.165, 1.54) is 30.3 Å². The van der Waals surface area contributed by atoms with E-state index >= 15 is 0 Å². The van der Waals surface area contributed by atoms with Gasteiger partial charge in [0.15, 0.2) is 0 Å². The summed E-state index contributed by atoms with van der Waals surface area (Å²) in [6.07, 6.45) is 0. The van der Waals surface area contributed by atoms with Crippen LogP contribution in [-0.4, -0.2) is 4.92 Å². The molecule has 0 spiro atoms. The average Bonchev–Trinajstić information content (AvgIpc) is 2.37. The summed E-state index contributed by atoms with van der Waals surface area (Å²) in [5.41, 5.74) is 1.56. The largest absolute Gasteiger partial charge is 0.354 e. The second kappa shape index (κ2) is 5.36. The van der Waals surface area contributed by atoms with Crippen LogP contribution < -0.4 is 5.32 Å². The minimum absolute atomic E-state index is 0.126. The number of aryl methyl sites for hydroxylation is 1. The van der Waals surface area contributed by atoms with Crippen LogP contribution in [-0.2, 0) is 0 Å². The van der Waals surface area contributed by atoms with Gasteiger partial charge in [-0.3, -0.25) is 10.1 Å². The van der Waals surface area contributed by atoms with Crippen molar-refractivity contribution in [2.45, 2.75) is 6.92 Å². The monoisotopic (exact) mass is 271 g/mol. The number of hydrogen-bond acceptors (Lipinski definition) is 4. The van der Waals surface area contributed by atoms with Gasteiger partial charge in [-0.15, -0.1) is 0 Å². The Morgan fingerprint density at radius 3 is 2.65 bits per heavy atom. The van der Waals surface area contributed by atoms with Crippen LogP contribution in [0.4, 0.5) is 21.5 Å². The number of rotatable bonds is 3. The number of benzene rings is 2. The van der Waals surface area contributed by atoms with Crippen LogP contribution in [0, 0.1) is 34.2 Å². The van der Waals surface area contributed by atoms with Crippen LogP contribution in [0.5, 0.6) is 0 Å². The summed E-state index contributed by atoms with van der Waals surface area (Å²) in [5, 5.41) is 22.6. The number of anilines is 2. The molecule has 2 aromatic carbocycles. The van der Waals surface area contributed by atoms with Gasteiger partial charge in [0.2, 0.25) is 0 Å². The van der Waals surface area contributed by atoms with Crippen molar-refractivity contribution < 1.29 is 9.31 Å². The molecule has 6 heteroatoms. The average molecular weight is 271 g/mol. The Morgan fingerprint density at radius 2 is 2.05 bits per heavy atom. The van der Waals surface area contributed by atoms with Crippen LogP contribution in [0.2, 0.25) is 0 Å². The number of nitro groups is 1. The molecule has 0 bridgehead atoms. The smallest absolute Gasteiger partial charge is 0.270 e. The zero-order valence-corrected chi connectivity index (χ0v) is 10.6. The van der Waals surface area contributed by atoms with Crippen LogP contribution in [0.15, 0.2) is 36.4 Å². The van der Waals surface area contributed by atoms with Crippen molar-refractivity contribution in [2.24, 2.45) is 0 Å². The van der Waals surface area contributed by atoms with E-state index in [9.17, 15) is 14.5 Å². The molecule has 0 atom stereocenters. The first kappa shape index (κ1) is 13.5. The van der Waals surface area contributed by atoms with E-state index in [0.29, 0.717) is 11.4 Å². The first-order valence-electron chi connectivity index (χ1n) is 5.72. The summed E-state index contributed by atoms with van der Waals surface area (Å²) in [5.74, 6) is -0.395. The Hall–Kier alpha value is -2.94. The van der Waals surface area contributed by atoms with Crippen molar-refractivity contribution in [1.29, 1.82) is 5.26 Å². The van der Waals surface area contributed by atoms with Crippen LogP contribution >= 0.6 is 0 Å². The first-order valence-corrected chi connectivity index (χ1v) is 5.72. The van der Waals surface area contributed by atoms with Gasteiger partial charge >= 0.3 is 0 Å². The van der Waals surface area contributed by atoms with Gasteiger partial charge in [0.25, 0.3) is 5.69 Å². The summed E-state index contributed by atoms with van der Waals surface area (Å²) < 4.78 is 13.3. The summed E-state index contributed by atoms with van der Waals surface area (Å²) in [6, 6.07) is 10.2. The molecule has 0 saturated heterocycles. The van der Waals surface area contributed by atoms with Gasteiger partial charge in [0.1, 0.15) is 11.9 Å². The highest BCUT2D eigenvalue weighted by Crippen LogP contribution is 2.25. The fraction of sp³-hybridized carbons (Fsp3) is 0.0714. The molecule has 0 radical (unpaired) electrons. The third-order valence-corrected chi connectivity index (χ3v) is 2.66. The Morgan fingerprint density at radius 1 is 1.30 bits per heavy atom. The molecule has 0 amide bonds. The molecule has 100 valence electrons. The molecule has 20 heavy (non-hydrogen) atoms. The van der Waals surface area contributed by atoms with Gasteiger partial charge in [-0.25, -0.2) is 4.39 Å². The van der Waals surface area contributed by atoms with Gasteiger partial charge in [0, 0.05) is 17.8 Å². The maximum absolute atomic E-state index is 13.3. The summed E-state index contributed by atoms with van der Waals surface area (Å²) in [4.78, 5) is 10.1. The van der Waals surface area contributed by atoms with Crippen molar-refractivity contribution >= 4 is 17.1 Å². The third-order valence-electron chi connectivity index (χ3n) is 2.66. The Kier molecular flexibility index (Phi) is 3.62. The third kappa shape index (κ3) is 2.90. The maximum atomic E-state index is 13.3. The van der Waals surface area contributed by atoms with Crippen molar-refractivity contribution in [3.05, 3.63) is 63.5 Å². The summed E-state index contributed by atoms with van der Waals surface area (Å²) in [6.45, 7) is 1.75. The number of nitrogens with one attached hydrogen (secondary N) is 1. The number of non-ortho nitro benzene ring substituents is 1. The first-order chi connectivity index (χ1) is 9.49. The highest BCUT2D eigenvalue weighted by molar-refractivity contribution is 5.68. The van der Waals surface area contributed by atoms with E-state index in [1.807, 2.05) is 6.07 Å². The second-order valence-electron chi connectivity index (χ2n) is 4.24. The Bertz CT molecular complexity index is 703. The fourth-order valence-corrected chi connectivity index (χ4v) is 1.81. The number of hydrogen-bond donors (Lipinski definition) is 1. The van der Waals surface area contributed by atoms with E-state index in [4.69, 9.17) is 5.26 Å². The molecule has 0 aliphatic heterocycles. The van der Waals surface area contributed by atoms with Gasteiger partial charge in [0.05, 0.1) is 16.2 Å². The molecule has 0 saturated carbocycles. The van der Waals surface area contributed by atoms with Gasteiger partial charge in [-0.1, -0.05) is 0 Å². The lowest BCUT2D eigenvalue weighted by molar-refractivity contribution is -0.384. The molecule has 0 aliphatic carbocycles. The van der Waals surface area contributed by atoms with Gasteiger partial charge < -0.3 is 5.32 Å². The lowest BCUT2D eigenvalue weighted by Crippen LogP contribution is -1.96. The minimum Gasteiger partial charge on any atom is -0.354 e. The summed E-state index contributed by atoms with van der Waals surface area (Å²) >= 11 is 0. The lowest BCUT2D eigenvalue weighted by atomic mass is 10.1. The molecule has 0 heterocycles. The molecular weight excluding hydrogens is 261 g/mol. The normalized spacial score (nSPS) is 9.85. The van der Waals surface area contributed by atoms with Crippen molar-refractivity contribution in [1.82, 2.24) is 0 Å². The van der Waals surface area contributed by atoms with E-state index in [2.05, 4.69) is 5.32 Å². The molecule has 0 unspecified atom stereocenters. The van der Waals surface area contributed by atoms with Crippen molar-refractivity contribution in [3.8, 4) is 6.07 Å². The molecular formula is C14H10FN3O2. The van der Waals surface area contributed by atoms with Crippen LogP contribution in [0.25, 0.3) is 0 Å². The molecule has 0 aromatic heterocycles. The quantitative estimate of drug-likeness (QED) is 0.682. The highest BCUT2D eigenvalue weighted by atomic mass is 19.1. The second-order valence-corrected chi connectivity index (χ2v) is 4.24. The predicted octanol–water partition coefficient (Wildman–Crippen LogP) is 3.66. The fourth-order valence-electron chi connectivity index (χ4n) is 1.81. The number of halogens is 1. The standard InChI is InChI=1S/C14H10FN3O2/c1-9-4-11(15)7-12(5-9)17-14-3-2-13(18(19)20)6-10(14)8-16/h2-7,17H,1H3. The molecule has 1 N–H and O–H groups in total. The Balaban J connectivity index is 2.38. The van der Waals surface area contributed by atoms with Crippen molar-refractivity contribution in [3.63, 3.8) is 0 Å². The maximum Gasteiger partial charge on any atom is 0.270 e. The molecule has 2 rings (SSSR count). The Labute approximate surface area is 114 Å². The van der Waals surface area contributed by atoms with E-state index in [0.717, 1.165) is 5.56 Å². The van der Waals surface area contributed by atoms with Gasteiger partial charge in [-0.05, 0) is 36.8 Å². The van der Waals surface area contributed by atoms with E-state index < -0.39 is 10.7 Å². The van der Waals surface area contributed by atoms with Crippen LogP contribution in [0.3, 0.4) is 0 Å². The van der Waals surface area contributed by atoms with E-state index in [1.54, 1.807) is 13.0 Å². The molecule has 2 aromatic rings. The zero-order valence-electron chi connectivity index (χ0n) is 10.6. The number of nitro benzene ring substituents is 1. The zero-order chi connectivity index (χ0) is 14.7. The number of nitrogens with zero attached hydrogens (tertiary/aromatic N) is 2. The SMILES string of the molecule is Cc1cc(F)cc(Nc2ccc([N+](=O)[O-])cc2C#N)c1. The predicted molar refractivity (Wildman–Crippen MR) is 72.2 cm³/mol. The molecule has 0 fully saturated rings. The summed E-state index contributed by atoms with van der Waals surface area (Å²) in [7, 11) is 0. The van der Waals surface area contributed by atoms with Gasteiger partial charge in [-0.2, -0.15) is 5.26 Å². The molecule has 0 aliphatic rings. The van der Waals surface area contributed by atoms with Crippen molar-refractivity contribution in [2.75, 3.05) is 5.32 Å². The van der Waals surface area contributed by atoms with E-state index in [-0.39, 0.29) is 11.3 Å². The topological polar surface area (TPSA) is 79.0 Å². The number of nitriles is 1. The molecule has 5 nitrogen and oxygen atoms in total. The highest BCUT2D eigenvalue weighted by Gasteiger charge is 2.11. The lowest BCUT2D eigenvalue weighted by Gasteiger charge is -2.09.